The molecule has 0 aliphatic rings. The molecule has 0 radical (unpaired) electrons. The van der Waals surface area contributed by atoms with E-state index in [1.807, 2.05) is 12.1 Å². The molecule has 1 aromatic heterocycles. The molecule has 0 bridgehead atoms. The maximum atomic E-state index is 5.31. The second-order valence-corrected chi connectivity index (χ2v) is 3.95. The van der Waals surface area contributed by atoms with Crippen LogP contribution in [0.5, 0.6) is 5.75 Å². The quantitative estimate of drug-likeness (QED) is 0.751. The molecule has 0 saturated heterocycles. The van der Waals surface area contributed by atoms with Gasteiger partial charge in [-0.05, 0) is 34.0 Å². The van der Waals surface area contributed by atoms with Crippen molar-refractivity contribution >= 4 is 17.4 Å². The van der Waals surface area contributed by atoms with E-state index >= 15 is 0 Å². The van der Waals surface area contributed by atoms with Gasteiger partial charge in [-0.3, -0.25) is 0 Å². The van der Waals surface area contributed by atoms with Crippen LogP contribution in [0.25, 0.3) is 17.2 Å². The second-order valence-electron chi connectivity index (χ2n) is 3.17. The number of methoxy groups -OCH3 is 1. The minimum absolute atomic E-state index is 0.869. The Labute approximate surface area is 93.6 Å². The average molecular weight is 216 g/mol. The molecular formula is C13H12OS. The molecule has 0 aliphatic carbocycles. The molecule has 76 valence electrons. The van der Waals surface area contributed by atoms with Crippen molar-refractivity contribution in [2.24, 2.45) is 0 Å². The molecular weight excluding hydrogens is 204 g/mol. The Hall–Kier alpha value is -1.54. The molecule has 2 aromatic rings. The summed E-state index contributed by atoms with van der Waals surface area (Å²) in [5, 5.41) is 4.20. The Morgan fingerprint density at radius 1 is 1.27 bits per heavy atom. The smallest absolute Gasteiger partial charge is 0.126 e. The van der Waals surface area contributed by atoms with Crippen LogP contribution in [0.1, 0.15) is 5.56 Å². The molecule has 1 aromatic carbocycles. The van der Waals surface area contributed by atoms with Gasteiger partial charge >= 0.3 is 0 Å². The van der Waals surface area contributed by atoms with E-state index in [-0.39, 0.29) is 0 Å². The summed E-state index contributed by atoms with van der Waals surface area (Å²) in [6.07, 6.45) is 1.80. The summed E-state index contributed by atoms with van der Waals surface area (Å²) in [7, 11) is 1.68. The first kappa shape index (κ1) is 9.99. The van der Waals surface area contributed by atoms with Crippen molar-refractivity contribution in [1.82, 2.24) is 0 Å². The van der Waals surface area contributed by atoms with Crippen LogP contribution in [0.3, 0.4) is 0 Å². The summed E-state index contributed by atoms with van der Waals surface area (Å²) in [5.74, 6) is 0.869. The van der Waals surface area contributed by atoms with Crippen LogP contribution in [0.2, 0.25) is 0 Å². The number of hydrogen-bond donors (Lipinski definition) is 0. The third-order valence-electron chi connectivity index (χ3n) is 2.31. The summed E-state index contributed by atoms with van der Waals surface area (Å²) in [6, 6.07) is 8.26. The van der Waals surface area contributed by atoms with Crippen LogP contribution in [0.4, 0.5) is 0 Å². The molecule has 1 heterocycles. The topological polar surface area (TPSA) is 9.23 Å². The van der Waals surface area contributed by atoms with Crippen LogP contribution in [-0.4, -0.2) is 7.11 Å². The van der Waals surface area contributed by atoms with Crippen LogP contribution in [-0.2, 0) is 0 Å². The molecule has 0 N–H and O–H groups in total. The molecule has 1 nitrogen and oxygen atoms in total. The molecule has 0 fully saturated rings. The lowest BCUT2D eigenvalue weighted by atomic mass is 10.1. The van der Waals surface area contributed by atoms with Crippen molar-refractivity contribution in [3.05, 3.63) is 47.2 Å². The van der Waals surface area contributed by atoms with Gasteiger partial charge in [-0.15, -0.1) is 0 Å². The fourth-order valence-corrected chi connectivity index (χ4v) is 2.15. The summed E-state index contributed by atoms with van der Waals surface area (Å²) < 4.78 is 5.31. The van der Waals surface area contributed by atoms with Gasteiger partial charge in [0.2, 0.25) is 0 Å². The molecule has 0 atom stereocenters. The zero-order chi connectivity index (χ0) is 10.7. The minimum atomic E-state index is 0.869. The predicted molar refractivity (Wildman–Crippen MR) is 66.4 cm³/mol. The van der Waals surface area contributed by atoms with Crippen molar-refractivity contribution in [1.29, 1.82) is 0 Å². The van der Waals surface area contributed by atoms with Gasteiger partial charge in [0.05, 0.1) is 7.11 Å². The largest absolute Gasteiger partial charge is 0.496 e. The van der Waals surface area contributed by atoms with Gasteiger partial charge in [-0.25, -0.2) is 0 Å². The number of benzene rings is 1. The van der Waals surface area contributed by atoms with Gasteiger partial charge in [0.1, 0.15) is 5.75 Å². The van der Waals surface area contributed by atoms with Crippen molar-refractivity contribution in [2.45, 2.75) is 0 Å². The third-order valence-corrected chi connectivity index (χ3v) is 2.99. The monoisotopic (exact) mass is 216 g/mol. The van der Waals surface area contributed by atoms with Crippen LogP contribution in [0, 0.1) is 0 Å². The van der Waals surface area contributed by atoms with E-state index in [1.165, 1.54) is 11.1 Å². The van der Waals surface area contributed by atoms with Crippen LogP contribution in [0.15, 0.2) is 41.6 Å². The fraction of sp³-hybridized carbons (Fsp3) is 0.0769. The minimum Gasteiger partial charge on any atom is -0.496 e. The Kier molecular flexibility index (Phi) is 2.88. The van der Waals surface area contributed by atoms with Gasteiger partial charge in [0.25, 0.3) is 0 Å². The molecule has 15 heavy (non-hydrogen) atoms. The number of hydrogen-bond acceptors (Lipinski definition) is 2. The van der Waals surface area contributed by atoms with Gasteiger partial charge < -0.3 is 4.74 Å². The van der Waals surface area contributed by atoms with E-state index in [0.29, 0.717) is 0 Å². The van der Waals surface area contributed by atoms with Crippen molar-refractivity contribution < 1.29 is 4.74 Å². The summed E-state index contributed by atoms with van der Waals surface area (Å²) in [6.45, 7) is 3.75. The molecule has 2 rings (SSSR count). The lowest BCUT2D eigenvalue weighted by Crippen LogP contribution is -1.87. The van der Waals surface area contributed by atoms with Crippen LogP contribution < -0.4 is 4.74 Å². The first-order chi connectivity index (χ1) is 7.35. The second kappa shape index (κ2) is 4.32. The molecule has 0 aliphatic heterocycles. The zero-order valence-corrected chi connectivity index (χ0v) is 9.38. The maximum absolute atomic E-state index is 5.31. The Bertz CT molecular complexity index is 457. The van der Waals surface area contributed by atoms with Crippen molar-refractivity contribution in [2.75, 3.05) is 7.11 Å². The number of ether oxygens (including phenoxy) is 1. The highest BCUT2D eigenvalue weighted by Crippen LogP contribution is 2.28. The molecule has 2 heteroatoms. The first-order valence-electron chi connectivity index (χ1n) is 4.68. The van der Waals surface area contributed by atoms with Crippen molar-refractivity contribution in [3.63, 3.8) is 0 Å². The van der Waals surface area contributed by atoms with Gasteiger partial charge in [-0.1, -0.05) is 24.8 Å². The zero-order valence-electron chi connectivity index (χ0n) is 8.57. The van der Waals surface area contributed by atoms with Gasteiger partial charge in [0, 0.05) is 5.56 Å². The normalized spacial score (nSPS) is 9.93. The summed E-state index contributed by atoms with van der Waals surface area (Å²) >= 11 is 1.70. The highest BCUT2D eigenvalue weighted by Gasteiger charge is 2.03. The van der Waals surface area contributed by atoms with E-state index in [9.17, 15) is 0 Å². The maximum Gasteiger partial charge on any atom is 0.126 e. The van der Waals surface area contributed by atoms with Gasteiger partial charge in [-0.2, -0.15) is 11.3 Å². The van der Waals surface area contributed by atoms with Crippen LogP contribution >= 0.6 is 11.3 Å². The van der Waals surface area contributed by atoms with E-state index in [0.717, 1.165) is 11.3 Å². The molecule has 0 saturated carbocycles. The fourth-order valence-electron chi connectivity index (χ4n) is 1.49. The Balaban J connectivity index is 2.48. The molecule has 0 spiro atoms. The number of thiophene rings is 1. The molecule has 0 amide bonds. The standard InChI is InChI=1S/C13H12OS/c1-3-10-4-5-11(8-13(10)14-2)12-6-7-15-9-12/h3-9H,1H2,2H3. The van der Waals surface area contributed by atoms with E-state index in [2.05, 4.69) is 29.5 Å². The highest BCUT2D eigenvalue weighted by molar-refractivity contribution is 7.08. The van der Waals surface area contributed by atoms with E-state index < -0.39 is 0 Å². The lowest BCUT2D eigenvalue weighted by molar-refractivity contribution is 0.414. The number of rotatable bonds is 3. The Morgan fingerprint density at radius 3 is 2.73 bits per heavy atom. The summed E-state index contributed by atoms with van der Waals surface area (Å²) in [4.78, 5) is 0. The molecule has 0 unspecified atom stereocenters. The Morgan fingerprint density at radius 2 is 2.13 bits per heavy atom. The SMILES string of the molecule is C=Cc1ccc(-c2ccsc2)cc1OC. The van der Waals surface area contributed by atoms with Crippen molar-refractivity contribution in [3.8, 4) is 16.9 Å². The average Bonchev–Trinajstić information content (AvgIpc) is 2.81. The van der Waals surface area contributed by atoms with E-state index in [1.54, 1.807) is 24.5 Å². The highest BCUT2D eigenvalue weighted by atomic mass is 32.1. The summed E-state index contributed by atoms with van der Waals surface area (Å²) in [5.41, 5.74) is 3.43. The lowest BCUT2D eigenvalue weighted by Gasteiger charge is -2.06. The van der Waals surface area contributed by atoms with E-state index in [4.69, 9.17) is 4.74 Å². The first-order valence-corrected chi connectivity index (χ1v) is 5.62. The third kappa shape index (κ3) is 1.95. The van der Waals surface area contributed by atoms with Gasteiger partial charge in [0.15, 0.2) is 0 Å². The predicted octanol–water partition coefficient (Wildman–Crippen LogP) is 4.07.